The molecule has 0 fully saturated rings. The Morgan fingerprint density at radius 2 is 2.20 bits per heavy atom. The van der Waals surface area contributed by atoms with Crippen molar-refractivity contribution in [2.24, 2.45) is 0 Å². The van der Waals surface area contributed by atoms with E-state index in [9.17, 15) is 4.79 Å². The largest absolute Gasteiger partial charge is 0.464 e. The number of hydrogen-bond donors (Lipinski definition) is 1. The van der Waals surface area contributed by atoms with E-state index in [-0.39, 0.29) is 0 Å². The van der Waals surface area contributed by atoms with Crippen LogP contribution in [0, 0.1) is 13.8 Å². The number of carbonyl (C=O) groups excluding carboxylic acids is 1. The van der Waals surface area contributed by atoms with Crippen molar-refractivity contribution in [2.45, 2.75) is 13.8 Å². The van der Waals surface area contributed by atoms with Gasteiger partial charge in [0.25, 0.3) is 0 Å². The molecule has 0 spiro atoms. The number of nitrogens with one attached hydrogen (secondary N) is 1. The molecule has 2 aromatic heterocycles. The van der Waals surface area contributed by atoms with Crippen LogP contribution in [-0.2, 0) is 4.74 Å². The van der Waals surface area contributed by atoms with Gasteiger partial charge in [-0.1, -0.05) is 0 Å². The minimum Gasteiger partial charge on any atom is -0.464 e. The van der Waals surface area contributed by atoms with Gasteiger partial charge in [-0.15, -0.1) is 0 Å². The average Bonchev–Trinajstić information content (AvgIpc) is 2.71. The van der Waals surface area contributed by atoms with Crippen LogP contribution in [0.1, 0.15) is 21.7 Å². The van der Waals surface area contributed by atoms with Gasteiger partial charge in [0.1, 0.15) is 0 Å². The number of methoxy groups -OCH3 is 1. The number of ether oxygens (including phenoxy) is 1. The maximum absolute atomic E-state index is 11.5. The number of pyridine rings is 1. The number of carbonyl (C=O) groups is 1. The van der Waals surface area contributed by atoms with Crippen LogP contribution in [0.15, 0.2) is 12.3 Å². The highest BCUT2D eigenvalue weighted by Gasteiger charge is 2.15. The van der Waals surface area contributed by atoms with Gasteiger partial charge >= 0.3 is 5.97 Å². The highest BCUT2D eigenvalue weighted by molar-refractivity contribution is 6.02. The molecule has 0 bridgehead atoms. The average molecular weight is 204 g/mol. The van der Waals surface area contributed by atoms with Crippen molar-refractivity contribution in [2.75, 3.05) is 7.11 Å². The number of aromatic nitrogens is 2. The van der Waals surface area contributed by atoms with Gasteiger partial charge in [-0.25, -0.2) is 9.78 Å². The van der Waals surface area contributed by atoms with E-state index in [0.717, 1.165) is 22.2 Å². The fourth-order valence-electron chi connectivity index (χ4n) is 1.62. The van der Waals surface area contributed by atoms with Crippen LogP contribution >= 0.6 is 0 Å². The summed E-state index contributed by atoms with van der Waals surface area (Å²) in [6.45, 7) is 3.87. The molecule has 0 atom stereocenters. The first-order valence-corrected chi connectivity index (χ1v) is 4.67. The Bertz CT molecular complexity index is 529. The molecule has 0 radical (unpaired) electrons. The molecule has 4 heteroatoms. The monoisotopic (exact) mass is 204 g/mol. The van der Waals surface area contributed by atoms with Gasteiger partial charge in [-0.3, -0.25) is 0 Å². The molecular formula is C11H12N2O2. The van der Waals surface area contributed by atoms with Gasteiger partial charge in [-0.2, -0.15) is 0 Å². The molecule has 4 nitrogen and oxygen atoms in total. The van der Waals surface area contributed by atoms with Gasteiger partial charge < -0.3 is 9.72 Å². The predicted octanol–water partition coefficient (Wildman–Crippen LogP) is 1.97. The molecule has 78 valence electrons. The Kier molecular flexibility index (Phi) is 2.19. The van der Waals surface area contributed by atoms with E-state index < -0.39 is 5.97 Å². The van der Waals surface area contributed by atoms with Crippen molar-refractivity contribution in [3.8, 4) is 0 Å². The summed E-state index contributed by atoms with van der Waals surface area (Å²) in [5.74, 6) is -0.412. The van der Waals surface area contributed by atoms with Crippen LogP contribution in [0.5, 0.6) is 0 Å². The summed E-state index contributed by atoms with van der Waals surface area (Å²) in [4.78, 5) is 18.7. The van der Waals surface area contributed by atoms with Crippen molar-refractivity contribution in [1.82, 2.24) is 9.97 Å². The van der Waals surface area contributed by atoms with Crippen LogP contribution in [0.25, 0.3) is 10.9 Å². The van der Waals surface area contributed by atoms with Crippen molar-refractivity contribution in [3.63, 3.8) is 0 Å². The van der Waals surface area contributed by atoms with Crippen LogP contribution in [0.3, 0.4) is 0 Å². The van der Waals surface area contributed by atoms with Gasteiger partial charge in [-0.05, 0) is 25.5 Å². The lowest BCUT2D eigenvalue weighted by molar-refractivity contribution is 0.0596. The summed E-state index contributed by atoms with van der Waals surface area (Å²) in [6, 6.07) is 1.94. The minimum absolute atomic E-state index is 0.348. The first-order valence-electron chi connectivity index (χ1n) is 4.67. The fourth-order valence-corrected chi connectivity index (χ4v) is 1.62. The first-order chi connectivity index (χ1) is 7.15. The van der Waals surface area contributed by atoms with Gasteiger partial charge in [0.15, 0.2) is 5.69 Å². The van der Waals surface area contributed by atoms with Gasteiger partial charge in [0.2, 0.25) is 0 Å². The molecule has 0 aliphatic carbocycles. The van der Waals surface area contributed by atoms with Crippen molar-refractivity contribution in [1.29, 1.82) is 0 Å². The van der Waals surface area contributed by atoms with E-state index in [1.54, 1.807) is 6.20 Å². The van der Waals surface area contributed by atoms with Crippen LogP contribution in [-0.4, -0.2) is 23.0 Å². The smallest absolute Gasteiger partial charge is 0.358 e. The molecule has 0 aliphatic heterocycles. The summed E-state index contributed by atoms with van der Waals surface area (Å²) in [5, 5.41) is 1.02. The lowest BCUT2D eigenvalue weighted by Crippen LogP contribution is -2.07. The lowest BCUT2D eigenvalue weighted by atomic mass is 10.1. The van der Waals surface area contributed by atoms with E-state index in [2.05, 4.69) is 14.7 Å². The fraction of sp³-hybridized carbons (Fsp3) is 0.273. The second-order valence-electron chi connectivity index (χ2n) is 3.43. The normalized spacial score (nSPS) is 10.6. The number of hydrogen-bond acceptors (Lipinski definition) is 3. The third-order valence-electron chi connectivity index (χ3n) is 2.59. The maximum atomic E-state index is 11.5. The molecule has 0 aliphatic rings. The van der Waals surface area contributed by atoms with E-state index >= 15 is 0 Å². The standard InChI is InChI=1S/C11H12N2O2/c1-6-7(2)13-10(11(14)15-3)9-8(6)4-5-12-9/h4-5,12H,1-3H3. The molecule has 0 saturated heterocycles. The summed E-state index contributed by atoms with van der Waals surface area (Å²) >= 11 is 0. The van der Waals surface area contributed by atoms with E-state index in [1.807, 2.05) is 19.9 Å². The Balaban J connectivity index is 2.80. The second kappa shape index (κ2) is 3.38. The van der Waals surface area contributed by atoms with Crippen molar-refractivity contribution in [3.05, 3.63) is 29.2 Å². The Morgan fingerprint density at radius 1 is 1.47 bits per heavy atom. The van der Waals surface area contributed by atoms with Crippen molar-refractivity contribution >= 4 is 16.9 Å². The molecule has 1 N–H and O–H groups in total. The summed E-state index contributed by atoms with van der Waals surface area (Å²) in [6.07, 6.45) is 1.80. The number of nitrogens with zero attached hydrogens (tertiary/aromatic N) is 1. The zero-order chi connectivity index (χ0) is 11.0. The Morgan fingerprint density at radius 3 is 2.87 bits per heavy atom. The summed E-state index contributed by atoms with van der Waals surface area (Å²) in [5.41, 5.74) is 3.02. The van der Waals surface area contributed by atoms with E-state index in [4.69, 9.17) is 0 Å². The zero-order valence-corrected chi connectivity index (χ0v) is 8.92. The summed E-state index contributed by atoms with van der Waals surface area (Å²) < 4.78 is 4.69. The van der Waals surface area contributed by atoms with Crippen molar-refractivity contribution < 1.29 is 9.53 Å². The highest BCUT2D eigenvalue weighted by atomic mass is 16.5. The Hall–Kier alpha value is -1.84. The molecule has 0 aromatic carbocycles. The third kappa shape index (κ3) is 1.38. The molecule has 2 rings (SSSR count). The molecule has 0 unspecified atom stereocenters. The first kappa shape index (κ1) is 9.71. The van der Waals surface area contributed by atoms with E-state index in [1.165, 1.54) is 7.11 Å². The van der Waals surface area contributed by atoms with Crippen LogP contribution in [0.2, 0.25) is 0 Å². The number of aromatic amines is 1. The molecular weight excluding hydrogens is 192 g/mol. The maximum Gasteiger partial charge on any atom is 0.358 e. The number of fused-ring (bicyclic) bond motifs is 1. The van der Waals surface area contributed by atoms with E-state index in [0.29, 0.717) is 5.69 Å². The molecule has 15 heavy (non-hydrogen) atoms. The molecule has 2 heterocycles. The number of esters is 1. The summed E-state index contributed by atoms with van der Waals surface area (Å²) in [7, 11) is 1.36. The quantitative estimate of drug-likeness (QED) is 0.722. The molecule has 0 saturated carbocycles. The predicted molar refractivity (Wildman–Crippen MR) is 56.9 cm³/mol. The minimum atomic E-state index is -0.412. The lowest BCUT2D eigenvalue weighted by Gasteiger charge is -2.05. The number of H-pyrrole nitrogens is 1. The highest BCUT2D eigenvalue weighted by Crippen LogP contribution is 2.22. The second-order valence-corrected chi connectivity index (χ2v) is 3.43. The van der Waals surface area contributed by atoms with Crippen LogP contribution < -0.4 is 0 Å². The zero-order valence-electron chi connectivity index (χ0n) is 8.92. The third-order valence-corrected chi connectivity index (χ3v) is 2.59. The van der Waals surface area contributed by atoms with Crippen LogP contribution in [0.4, 0.5) is 0 Å². The SMILES string of the molecule is COC(=O)c1nc(C)c(C)c2cc[nH]c12. The topological polar surface area (TPSA) is 55.0 Å². The van der Waals surface area contributed by atoms with Gasteiger partial charge in [0.05, 0.1) is 12.6 Å². The Labute approximate surface area is 87.3 Å². The van der Waals surface area contributed by atoms with Gasteiger partial charge in [0, 0.05) is 17.3 Å². The molecule has 2 aromatic rings. The number of aryl methyl sites for hydroxylation is 2. The number of rotatable bonds is 1. The molecule has 0 amide bonds.